The molecule has 0 saturated carbocycles. The van der Waals surface area contributed by atoms with Gasteiger partial charge in [0, 0.05) is 23.2 Å². The smallest absolute Gasteiger partial charge is 0.258 e. The maximum absolute atomic E-state index is 13.2. The molecule has 8 heteroatoms. The molecule has 1 unspecified atom stereocenters. The van der Waals surface area contributed by atoms with Crippen LogP contribution in [0.3, 0.4) is 0 Å². The van der Waals surface area contributed by atoms with Gasteiger partial charge in [0.15, 0.2) is 23.5 Å². The van der Waals surface area contributed by atoms with Gasteiger partial charge in [-0.25, -0.2) is 4.39 Å². The Morgan fingerprint density at radius 1 is 1.07 bits per heavy atom. The number of rotatable bonds is 9. The van der Waals surface area contributed by atoms with E-state index in [9.17, 15) is 19.1 Å². The Hall–Kier alpha value is -3.13. The van der Waals surface area contributed by atoms with Crippen molar-refractivity contribution in [2.24, 2.45) is 0 Å². The second-order valence-corrected chi connectivity index (χ2v) is 6.27. The number of carbonyl (C=O) groups is 2. The Morgan fingerprint density at radius 3 is 2.17 bits per heavy atom. The zero-order valence-electron chi connectivity index (χ0n) is 16.7. The van der Waals surface area contributed by atoms with Crippen molar-refractivity contribution in [3.63, 3.8) is 0 Å². The highest BCUT2D eigenvalue weighted by molar-refractivity contribution is 6.00. The topological polar surface area (TPSA) is 94.1 Å². The minimum absolute atomic E-state index is 0.0298. The van der Waals surface area contributed by atoms with Crippen LogP contribution in [-0.4, -0.2) is 44.3 Å². The van der Waals surface area contributed by atoms with Crippen molar-refractivity contribution in [2.45, 2.75) is 26.1 Å². The quantitative estimate of drug-likeness (QED) is 0.623. The molecule has 0 bridgehead atoms. The van der Waals surface area contributed by atoms with Crippen LogP contribution in [0.4, 0.5) is 10.1 Å². The molecule has 0 aliphatic carbocycles. The normalized spacial score (nSPS) is 11.5. The fourth-order valence-corrected chi connectivity index (χ4v) is 2.76. The highest BCUT2D eigenvalue weighted by Gasteiger charge is 2.18. The van der Waals surface area contributed by atoms with Crippen LogP contribution in [0.15, 0.2) is 30.3 Å². The lowest BCUT2D eigenvalue weighted by Gasteiger charge is -2.14. The minimum Gasteiger partial charge on any atom is -0.493 e. The van der Waals surface area contributed by atoms with Gasteiger partial charge in [0.2, 0.25) is 5.75 Å². The van der Waals surface area contributed by atoms with Crippen molar-refractivity contribution in [1.82, 2.24) is 0 Å². The third kappa shape index (κ3) is 5.23. The summed E-state index contributed by atoms with van der Waals surface area (Å²) in [5.41, 5.74) is 1.51. The Morgan fingerprint density at radius 2 is 1.69 bits per heavy atom. The first-order valence-corrected chi connectivity index (χ1v) is 8.85. The van der Waals surface area contributed by atoms with Gasteiger partial charge in [-0.05, 0) is 30.7 Å². The fourth-order valence-electron chi connectivity index (χ4n) is 2.76. The van der Waals surface area contributed by atoms with E-state index in [1.54, 1.807) is 18.2 Å². The molecule has 2 aromatic carbocycles. The van der Waals surface area contributed by atoms with Gasteiger partial charge in [-0.2, -0.15) is 0 Å². The molecule has 0 heterocycles. The number of carbonyl (C=O) groups excluding carboxylic acids is 2. The summed E-state index contributed by atoms with van der Waals surface area (Å²) >= 11 is 0. The lowest BCUT2D eigenvalue weighted by atomic mass is 10.00. The monoisotopic (exact) mass is 405 g/mol. The molecule has 0 fully saturated rings. The number of hydrogen-bond donors (Lipinski definition) is 2. The first-order valence-electron chi connectivity index (χ1n) is 8.85. The van der Waals surface area contributed by atoms with E-state index < -0.39 is 12.1 Å². The Labute approximate surface area is 168 Å². The van der Waals surface area contributed by atoms with Gasteiger partial charge in [0.1, 0.15) is 0 Å². The fraction of sp³-hybridized carbons (Fsp3) is 0.333. The van der Waals surface area contributed by atoms with Crippen molar-refractivity contribution in [2.75, 3.05) is 26.6 Å². The molecule has 0 saturated heterocycles. The summed E-state index contributed by atoms with van der Waals surface area (Å²) in [6, 6.07) is 7.83. The van der Waals surface area contributed by atoms with Crippen molar-refractivity contribution >= 4 is 17.4 Å². The maximum atomic E-state index is 13.2. The van der Waals surface area contributed by atoms with Gasteiger partial charge in [-0.1, -0.05) is 12.1 Å². The summed E-state index contributed by atoms with van der Waals surface area (Å²) < 4.78 is 29.1. The second-order valence-electron chi connectivity index (χ2n) is 6.27. The van der Waals surface area contributed by atoms with Crippen molar-refractivity contribution in [3.05, 3.63) is 47.0 Å². The van der Waals surface area contributed by atoms with Crippen LogP contribution in [0.5, 0.6) is 17.2 Å². The van der Waals surface area contributed by atoms with Gasteiger partial charge < -0.3 is 24.6 Å². The SMILES string of the molecule is COc1cc(CC(=O)c2ccc(CO)c(NC(=O)C(C)F)c2)cc(OC)c1OC. The van der Waals surface area contributed by atoms with Crippen molar-refractivity contribution in [3.8, 4) is 17.2 Å². The second kappa shape index (κ2) is 9.88. The van der Waals surface area contributed by atoms with Crippen LogP contribution in [0, 0.1) is 0 Å². The standard InChI is InChI=1S/C21H24FNO6/c1-12(22)21(26)23-16-10-14(5-6-15(16)11-24)17(25)7-13-8-18(27-2)20(29-4)19(9-13)28-3/h5-6,8-10,12,24H,7,11H2,1-4H3,(H,23,26). The van der Waals surface area contributed by atoms with Crippen LogP contribution < -0.4 is 19.5 Å². The summed E-state index contributed by atoms with van der Waals surface area (Å²) in [6.07, 6.45) is -1.69. The van der Waals surface area contributed by atoms with Crippen LogP contribution in [-0.2, 0) is 17.8 Å². The van der Waals surface area contributed by atoms with Gasteiger partial charge in [0.05, 0.1) is 27.9 Å². The molecule has 29 heavy (non-hydrogen) atoms. The lowest BCUT2D eigenvalue weighted by molar-refractivity contribution is -0.120. The van der Waals surface area contributed by atoms with E-state index in [0.29, 0.717) is 33.9 Å². The number of ketones is 1. The van der Waals surface area contributed by atoms with Gasteiger partial charge in [-0.3, -0.25) is 9.59 Å². The molecule has 7 nitrogen and oxygen atoms in total. The number of ether oxygens (including phenoxy) is 3. The number of Topliss-reactive ketones (excluding diaryl/α,β-unsaturated/α-hetero) is 1. The highest BCUT2D eigenvalue weighted by Crippen LogP contribution is 2.38. The number of nitrogens with one attached hydrogen (secondary N) is 1. The number of anilines is 1. The number of aliphatic hydroxyl groups is 1. The van der Waals surface area contributed by atoms with Crippen molar-refractivity contribution in [1.29, 1.82) is 0 Å². The largest absolute Gasteiger partial charge is 0.493 e. The van der Waals surface area contributed by atoms with E-state index in [0.717, 1.165) is 6.92 Å². The van der Waals surface area contributed by atoms with Crippen LogP contribution in [0.1, 0.15) is 28.4 Å². The Bertz CT molecular complexity index is 872. The molecule has 1 atom stereocenters. The number of alkyl halides is 1. The highest BCUT2D eigenvalue weighted by atomic mass is 19.1. The zero-order chi connectivity index (χ0) is 21.6. The summed E-state index contributed by atoms with van der Waals surface area (Å²) in [6.45, 7) is 0.741. The number of aliphatic hydroxyl groups excluding tert-OH is 1. The van der Waals surface area contributed by atoms with E-state index in [4.69, 9.17) is 14.2 Å². The third-order valence-corrected chi connectivity index (χ3v) is 4.31. The summed E-state index contributed by atoms with van der Waals surface area (Å²) in [5.74, 6) is 0.177. The number of benzene rings is 2. The minimum atomic E-state index is -1.72. The van der Waals surface area contributed by atoms with Gasteiger partial charge in [-0.15, -0.1) is 0 Å². The van der Waals surface area contributed by atoms with E-state index in [1.807, 2.05) is 0 Å². The lowest BCUT2D eigenvalue weighted by Crippen LogP contribution is -2.22. The van der Waals surface area contributed by atoms with E-state index in [1.165, 1.54) is 33.5 Å². The molecule has 2 rings (SSSR count). The summed E-state index contributed by atoms with van der Waals surface area (Å²) in [5, 5.41) is 11.8. The first kappa shape index (κ1) is 22.2. The molecule has 0 radical (unpaired) electrons. The van der Waals surface area contributed by atoms with Crippen LogP contribution in [0.2, 0.25) is 0 Å². The van der Waals surface area contributed by atoms with E-state index >= 15 is 0 Å². The van der Waals surface area contributed by atoms with Gasteiger partial charge in [0.25, 0.3) is 5.91 Å². The predicted octanol–water partition coefficient (Wildman–Crippen LogP) is 2.93. The molecule has 0 spiro atoms. The van der Waals surface area contributed by atoms with Crippen LogP contribution >= 0.6 is 0 Å². The molecule has 2 N–H and O–H groups in total. The Kier molecular flexibility index (Phi) is 7.55. The molecular weight excluding hydrogens is 381 g/mol. The van der Waals surface area contributed by atoms with Gasteiger partial charge >= 0.3 is 0 Å². The summed E-state index contributed by atoms with van der Waals surface area (Å²) in [7, 11) is 4.46. The molecule has 1 amide bonds. The molecular formula is C21H24FNO6. The van der Waals surface area contributed by atoms with E-state index in [2.05, 4.69) is 5.32 Å². The predicted molar refractivity (Wildman–Crippen MR) is 106 cm³/mol. The van der Waals surface area contributed by atoms with Crippen LogP contribution in [0.25, 0.3) is 0 Å². The van der Waals surface area contributed by atoms with Crippen molar-refractivity contribution < 1.29 is 33.3 Å². The molecule has 0 aliphatic rings. The molecule has 156 valence electrons. The maximum Gasteiger partial charge on any atom is 0.258 e. The first-order chi connectivity index (χ1) is 13.8. The third-order valence-electron chi connectivity index (χ3n) is 4.31. The summed E-state index contributed by atoms with van der Waals surface area (Å²) in [4.78, 5) is 24.4. The Balaban J connectivity index is 2.32. The number of methoxy groups -OCH3 is 3. The zero-order valence-corrected chi connectivity index (χ0v) is 16.7. The number of halogens is 1. The number of amides is 1. The molecule has 0 aliphatic heterocycles. The van der Waals surface area contributed by atoms with E-state index in [-0.39, 0.29) is 24.5 Å². The molecule has 0 aromatic heterocycles. The molecule has 2 aromatic rings. The number of hydrogen-bond acceptors (Lipinski definition) is 6. The average molecular weight is 405 g/mol. The average Bonchev–Trinajstić information content (AvgIpc) is 2.72.